The van der Waals surface area contributed by atoms with Crippen molar-refractivity contribution in [3.05, 3.63) is 69.1 Å². The van der Waals surface area contributed by atoms with Gasteiger partial charge in [-0.2, -0.15) is 13.2 Å². The van der Waals surface area contributed by atoms with Crippen LogP contribution in [0.4, 0.5) is 13.2 Å². The molecule has 8 heteroatoms. The summed E-state index contributed by atoms with van der Waals surface area (Å²) in [6.07, 6.45) is -2.64. The van der Waals surface area contributed by atoms with E-state index in [1.165, 1.54) is 33.9 Å². The van der Waals surface area contributed by atoms with Gasteiger partial charge >= 0.3 is 6.18 Å². The number of benzene rings is 1. The molecule has 1 unspecified atom stereocenters. The van der Waals surface area contributed by atoms with Gasteiger partial charge in [0.1, 0.15) is 18.8 Å². The summed E-state index contributed by atoms with van der Waals surface area (Å²) >= 11 is 1.39. The van der Waals surface area contributed by atoms with Crippen molar-refractivity contribution in [1.82, 2.24) is 9.38 Å². The zero-order chi connectivity index (χ0) is 17.3. The number of nitrogens with zero attached hydrogens (tertiary/aromatic N) is 2. The van der Waals surface area contributed by atoms with Crippen molar-refractivity contribution >= 4 is 16.3 Å². The topological polar surface area (TPSA) is 38.8 Å². The van der Waals surface area contributed by atoms with Gasteiger partial charge in [0, 0.05) is 23.2 Å². The highest BCUT2D eigenvalue weighted by Crippen LogP contribution is 2.28. The first-order chi connectivity index (χ1) is 11.3. The summed E-state index contributed by atoms with van der Waals surface area (Å²) < 4.78 is 39.2. The van der Waals surface area contributed by atoms with Crippen molar-refractivity contribution in [2.45, 2.75) is 19.3 Å². The molecule has 0 aliphatic rings. The molecule has 1 atom stereocenters. The Kier molecular flexibility index (Phi) is 4.42. The number of thiazole rings is 1. The van der Waals surface area contributed by atoms with Crippen LogP contribution in [0.25, 0.3) is 4.96 Å². The van der Waals surface area contributed by atoms with Gasteiger partial charge in [0.25, 0.3) is 5.56 Å². The predicted molar refractivity (Wildman–Crippen MR) is 85.1 cm³/mol. The van der Waals surface area contributed by atoms with Crippen molar-refractivity contribution in [2.75, 3.05) is 7.05 Å². The molecule has 0 radical (unpaired) electrons. The van der Waals surface area contributed by atoms with Gasteiger partial charge in [-0.25, -0.2) is 4.98 Å². The van der Waals surface area contributed by atoms with Crippen LogP contribution in [-0.2, 0) is 19.3 Å². The lowest BCUT2D eigenvalue weighted by molar-refractivity contribution is -0.908. The van der Waals surface area contributed by atoms with E-state index in [0.29, 0.717) is 23.7 Å². The Morgan fingerprint density at radius 2 is 1.92 bits per heavy atom. The van der Waals surface area contributed by atoms with Crippen LogP contribution in [0.1, 0.15) is 16.8 Å². The van der Waals surface area contributed by atoms with E-state index < -0.39 is 11.7 Å². The molecule has 0 spiro atoms. The second-order valence-electron chi connectivity index (χ2n) is 5.65. The molecule has 4 nitrogen and oxygen atoms in total. The summed E-state index contributed by atoms with van der Waals surface area (Å²) in [5.74, 6) is 0. The lowest BCUT2D eigenvalue weighted by Gasteiger charge is -2.14. The van der Waals surface area contributed by atoms with E-state index in [1.54, 1.807) is 11.6 Å². The van der Waals surface area contributed by atoms with Crippen LogP contribution in [-0.4, -0.2) is 16.4 Å². The molecule has 2 heterocycles. The molecule has 24 heavy (non-hydrogen) atoms. The summed E-state index contributed by atoms with van der Waals surface area (Å²) in [5, 5.41) is 1.80. The van der Waals surface area contributed by atoms with Crippen molar-refractivity contribution in [3.63, 3.8) is 0 Å². The van der Waals surface area contributed by atoms with E-state index in [-0.39, 0.29) is 5.56 Å². The van der Waals surface area contributed by atoms with Gasteiger partial charge in [0.15, 0.2) is 4.96 Å². The molecule has 0 bridgehead atoms. The smallest absolute Gasteiger partial charge is 0.329 e. The molecule has 0 aliphatic carbocycles. The number of hydrogen-bond acceptors (Lipinski definition) is 3. The van der Waals surface area contributed by atoms with Crippen LogP contribution < -0.4 is 10.5 Å². The van der Waals surface area contributed by atoms with Crippen molar-refractivity contribution in [3.8, 4) is 0 Å². The van der Waals surface area contributed by atoms with Crippen LogP contribution >= 0.6 is 11.3 Å². The van der Waals surface area contributed by atoms with Crippen molar-refractivity contribution in [1.29, 1.82) is 0 Å². The van der Waals surface area contributed by atoms with Crippen LogP contribution in [0.3, 0.4) is 0 Å². The van der Waals surface area contributed by atoms with E-state index in [2.05, 4.69) is 4.98 Å². The molecule has 3 aromatic rings. The van der Waals surface area contributed by atoms with E-state index in [0.717, 1.165) is 22.6 Å². The molecule has 126 valence electrons. The Bertz CT molecular complexity index is 899. The van der Waals surface area contributed by atoms with Gasteiger partial charge in [0.2, 0.25) is 0 Å². The molecule has 1 aromatic carbocycles. The quantitative estimate of drug-likeness (QED) is 0.778. The van der Waals surface area contributed by atoms with Crippen LogP contribution in [0.5, 0.6) is 0 Å². The number of nitrogens with one attached hydrogen (secondary N) is 1. The highest BCUT2D eigenvalue weighted by molar-refractivity contribution is 7.15. The molecule has 0 saturated carbocycles. The Morgan fingerprint density at radius 3 is 2.58 bits per heavy atom. The van der Waals surface area contributed by atoms with Crippen LogP contribution in [0, 0.1) is 0 Å². The largest absolute Gasteiger partial charge is 0.416 e. The fourth-order valence-electron chi connectivity index (χ4n) is 2.51. The Labute approximate surface area is 139 Å². The van der Waals surface area contributed by atoms with Gasteiger partial charge in [-0.3, -0.25) is 9.20 Å². The lowest BCUT2D eigenvalue weighted by atomic mass is 10.1. The normalized spacial score (nSPS) is 13.3. The SMILES string of the molecule is C[NH+](Cc1ccc(C(F)(F)F)cc1)Cc1cc(=O)n2ccsc2n1. The average Bonchev–Trinajstić information content (AvgIpc) is 2.95. The maximum absolute atomic E-state index is 12.6. The molecule has 2 aromatic heterocycles. The molecule has 3 rings (SSSR count). The van der Waals surface area contributed by atoms with E-state index >= 15 is 0 Å². The van der Waals surface area contributed by atoms with Crippen LogP contribution in [0.15, 0.2) is 46.7 Å². The zero-order valence-corrected chi connectivity index (χ0v) is 13.6. The summed E-state index contributed by atoms with van der Waals surface area (Å²) in [4.78, 5) is 18.1. The highest BCUT2D eigenvalue weighted by atomic mass is 32.1. The first kappa shape index (κ1) is 16.7. The number of aromatic nitrogens is 2. The number of hydrogen-bond donors (Lipinski definition) is 1. The third-order valence-corrected chi connectivity index (χ3v) is 4.38. The number of quaternary nitrogens is 1. The summed E-state index contributed by atoms with van der Waals surface area (Å²) in [5.41, 5.74) is 0.696. The minimum atomic E-state index is -4.32. The maximum atomic E-state index is 12.6. The summed E-state index contributed by atoms with van der Waals surface area (Å²) in [6.45, 7) is 1.06. The number of rotatable bonds is 4. The number of alkyl halides is 3. The molecule has 0 aliphatic heterocycles. The lowest BCUT2D eigenvalue weighted by Crippen LogP contribution is -3.06. The molecular formula is C16H15F3N3OS+. The minimum absolute atomic E-state index is 0.126. The van der Waals surface area contributed by atoms with E-state index in [9.17, 15) is 18.0 Å². The minimum Gasteiger partial charge on any atom is -0.329 e. The number of fused-ring (bicyclic) bond motifs is 1. The van der Waals surface area contributed by atoms with Crippen molar-refractivity contribution < 1.29 is 18.1 Å². The maximum Gasteiger partial charge on any atom is 0.416 e. The Balaban J connectivity index is 1.70. The fourth-order valence-corrected chi connectivity index (χ4v) is 3.25. The molecule has 0 saturated heterocycles. The molecule has 1 N–H and O–H groups in total. The molecule has 0 fully saturated rings. The van der Waals surface area contributed by atoms with Gasteiger partial charge in [-0.1, -0.05) is 12.1 Å². The predicted octanol–water partition coefficient (Wildman–Crippen LogP) is 1.99. The first-order valence-corrected chi connectivity index (χ1v) is 8.14. The van der Waals surface area contributed by atoms with E-state index in [4.69, 9.17) is 0 Å². The summed E-state index contributed by atoms with van der Waals surface area (Å²) in [7, 11) is 1.91. The second kappa shape index (κ2) is 6.37. The van der Waals surface area contributed by atoms with Crippen molar-refractivity contribution in [2.24, 2.45) is 0 Å². The van der Waals surface area contributed by atoms with Gasteiger partial charge in [0.05, 0.1) is 12.6 Å². The molecular weight excluding hydrogens is 339 g/mol. The second-order valence-corrected chi connectivity index (χ2v) is 6.52. The summed E-state index contributed by atoms with van der Waals surface area (Å²) in [6, 6.07) is 6.64. The zero-order valence-electron chi connectivity index (χ0n) is 12.8. The first-order valence-electron chi connectivity index (χ1n) is 7.26. The fraction of sp³-hybridized carbons (Fsp3) is 0.250. The monoisotopic (exact) mass is 354 g/mol. The highest BCUT2D eigenvalue weighted by Gasteiger charge is 2.30. The van der Waals surface area contributed by atoms with Gasteiger partial charge < -0.3 is 4.90 Å². The average molecular weight is 354 g/mol. The number of halogens is 3. The third kappa shape index (κ3) is 3.65. The van der Waals surface area contributed by atoms with Gasteiger partial charge in [-0.05, 0) is 12.1 Å². The van der Waals surface area contributed by atoms with Crippen LogP contribution in [0.2, 0.25) is 0 Å². The Hall–Kier alpha value is -2.19. The Morgan fingerprint density at radius 1 is 1.21 bits per heavy atom. The molecule has 0 amide bonds. The van der Waals surface area contributed by atoms with E-state index in [1.807, 2.05) is 7.05 Å². The van der Waals surface area contributed by atoms with Gasteiger partial charge in [-0.15, -0.1) is 11.3 Å². The third-order valence-electron chi connectivity index (χ3n) is 3.63. The standard InChI is InChI=1S/C16H14F3N3OS/c1-21(9-11-2-4-12(5-3-11)16(17,18)19)10-13-8-14(23)22-6-7-24-15(22)20-13/h2-8H,9-10H2,1H3/p+1.